The molecule has 0 spiro atoms. The molecule has 2 aromatic carbocycles. The zero-order chi connectivity index (χ0) is 23.3. The zero-order valence-corrected chi connectivity index (χ0v) is 19.2. The number of carbonyl (C=O) groups is 2. The summed E-state index contributed by atoms with van der Waals surface area (Å²) < 4.78 is 0. The van der Waals surface area contributed by atoms with Gasteiger partial charge in [0.1, 0.15) is 0 Å². The molecular formula is C24H24Cl2N4O2. The van der Waals surface area contributed by atoms with Gasteiger partial charge in [0.05, 0.1) is 15.5 Å². The van der Waals surface area contributed by atoms with Gasteiger partial charge < -0.3 is 16.4 Å². The molecule has 0 bridgehead atoms. The summed E-state index contributed by atoms with van der Waals surface area (Å²) in [6.45, 7) is 3.86. The predicted octanol–water partition coefficient (Wildman–Crippen LogP) is 4.73. The van der Waals surface area contributed by atoms with Crippen LogP contribution in [0.25, 0.3) is 0 Å². The van der Waals surface area contributed by atoms with Gasteiger partial charge in [0.2, 0.25) is 5.91 Å². The Morgan fingerprint density at radius 2 is 1.66 bits per heavy atom. The minimum absolute atomic E-state index is 0.181. The van der Waals surface area contributed by atoms with Crippen molar-refractivity contribution in [2.75, 3.05) is 11.9 Å². The van der Waals surface area contributed by atoms with E-state index >= 15 is 0 Å². The van der Waals surface area contributed by atoms with E-state index in [0.717, 1.165) is 11.1 Å². The number of hydrogen-bond acceptors (Lipinski definition) is 4. The van der Waals surface area contributed by atoms with Gasteiger partial charge in [-0.1, -0.05) is 41.4 Å². The lowest BCUT2D eigenvalue weighted by molar-refractivity contribution is -0.125. The van der Waals surface area contributed by atoms with Crippen LogP contribution in [-0.2, 0) is 10.2 Å². The third-order valence-corrected chi connectivity index (χ3v) is 5.97. The molecule has 1 heterocycles. The van der Waals surface area contributed by atoms with Crippen LogP contribution in [0.2, 0.25) is 10.0 Å². The van der Waals surface area contributed by atoms with Crippen molar-refractivity contribution in [3.05, 3.63) is 93.7 Å². The first-order valence-electron chi connectivity index (χ1n) is 9.99. The summed E-state index contributed by atoms with van der Waals surface area (Å²) in [5.41, 5.74) is 8.16. The molecule has 4 N–H and O–H groups in total. The molecule has 0 saturated carbocycles. The van der Waals surface area contributed by atoms with E-state index in [9.17, 15) is 9.59 Å². The number of hydrogen-bond donors (Lipinski definition) is 3. The molecule has 3 aromatic rings. The molecule has 0 radical (unpaired) electrons. The molecule has 1 aromatic heterocycles. The molecule has 0 fully saturated rings. The lowest BCUT2D eigenvalue weighted by Gasteiger charge is -2.25. The van der Waals surface area contributed by atoms with Crippen LogP contribution in [0.1, 0.15) is 41.4 Å². The number of aromatic nitrogens is 1. The summed E-state index contributed by atoms with van der Waals surface area (Å²) in [7, 11) is 0. The van der Waals surface area contributed by atoms with Crippen molar-refractivity contribution in [3.8, 4) is 0 Å². The normalized spacial score (nSPS) is 12.2. The number of benzene rings is 2. The predicted molar refractivity (Wildman–Crippen MR) is 128 cm³/mol. The molecular weight excluding hydrogens is 447 g/mol. The van der Waals surface area contributed by atoms with Crippen molar-refractivity contribution in [2.45, 2.75) is 25.3 Å². The van der Waals surface area contributed by atoms with E-state index < -0.39 is 11.5 Å². The molecule has 0 aliphatic carbocycles. The Morgan fingerprint density at radius 1 is 1.00 bits per heavy atom. The van der Waals surface area contributed by atoms with E-state index in [1.165, 1.54) is 0 Å². The van der Waals surface area contributed by atoms with Crippen LogP contribution in [0.4, 0.5) is 5.69 Å². The van der Waals surface area contributed by atoms with Crippen molar-refractivity contribution < 1.29 is 9.59 Å². The van der Waals surface area contributed by atoms with Crippen LogP contribution in [0.5, 0.6) is 0 Å². The minimum Gasteiger partial charge on any atom is -0.353 e. The maximum absolute atomic E-state index is 12.8. The molecule has 8 heteroatoms. The highest BCUT2D eigenvalue weighted by Crippen LogP contribution is 2.30. The van der Waals surface area contributed by atoms with Crippen molar-refractivity contribution in [3.63, 3.8) is 0 Å². The third kappa shape index (κ3) is 5.65. The van der Waals surface area contributed by atoms with Gasteiger partial charge in [0, 0.05) is 36.2 Å². The van der Waals surface area contributed by atoms with Crippen LogP contribution in [0, 0.1) is 0 Å². The fourth-order valence-corrected chi connectivity index (χ4v) is 3.38. The van der Waals surface area contributed by atoms with Crippen LogP contribution >= 0.6 is 23.2 Å². The van der Waals surface area contributed by atoms with E-state index in [0.29, 0.717) is 21.3 Å². The maximum Gasteiger partial charge on any atom is 0.255 e. The molecule has 1 unspecified atom stereocenters. The van der Waals surface area contributed by atoms with Crippen LogP contribution in [-0.4, -0.2) is 23.3 Å². The van der Waals surface area contributed by atoms with Gasteiger partial charge in [-0.25, -0.2) is 0 Å². The summed E-state index contributed by atoms with van der Waals surface area (Å²) in [6.07, 6.45) is 3.21. The molecule has 0 saturated heterocycles. The zero-order valence-electron chi connectivity index (χ0n) is 17.7. The molecule has 1 atom stereocenters. The van der Waals surface area contributed by atoms with Crippen LogP contribution in [0.3, 0.4) is 0 Å². The number of nitrogens with two attached hydrogens (primary N) is 1. The standard InChI is InChI=1S/C24H24Cl2N4O2/c1-24(2,17-7-8-19(25)20(26)13-17)23(32)29-14-21(27)15-3-5-16(6-4-15)22(31)30-18-9-11-28-12-10-18/h3-13,21H,14,27H2,1-2H3,(H,29,32)(H,28,30,31). The molecule has 2 amide bonds. The highest BCUT2D eigenvalue weighted by atomic mass is 35.5. The smallest absolute Gasteiger partial charge is 0.255 e. The Hall–Kier alpha value is -2.93. The van der Waals surface area contributed by atoms with Crippen molar-refractivity contribution in [2.24, 2.45) is 5.73 Å². The van der Waals surface area contributed by atoms with Crippen LogP contribution < -0.4 is 16.4 Å². The highest BCUT2D eigenvalue weighted by molar-refractivity contribution is 6.42. The lowest BCUT2D eigenvalue weighted by atomic mass is 9.83. The first kappa shape index (κ1) is 23.7. The van der Waals surface area contributed by atoms with Gasteiger partial charge >= 0.3 is 0 Å². The quantitative estimate of drug-likeness (QED) is 0.464. The van der Waals surface area contributed by atoms with E-state index in [-0.39, 0.29) is 18.4 Å². The van der Waals surface area contributed by atoms with Gasteiger partial charge in [-0.3, -0.25) is 14.6 Å². The number of nitrogens with one attached hydrogen (secondary N) is 2. The topological polar surface area (TPSA) is 97.1 Å². The van der Waals surface area contributed by atoms with Crippen molar-refractivity contribution >= 4 is 40.7 Å². The van der Waals surface area contributed by atoms with Gasteiger partial charge in [0.25, 0.3) is 5.91 Å². The molecule has 0 aliphatic heterocycles. The Balaban J connectivity index is 1.59. The highest BCUT2D eigenvalue weighted by Gasteiger charge is 2.30. The van der Waals surface area contributed by atoms with E-state index in [1.807, 2.05) is 13.8 Å². The second-order valence-electron chi connectivity index (χ2n) is 7.88. The summed E-state index contributed by atoms with van der Waals surface area (Å²) in [5, 5.41) is 6.53. The largest absolute Gasteiger partial charge is 0.353 e. The third-order valence-electron chi connectivity index (χ3n) is 5.23. The average Bonchev–Trinajstić information content (AvgIpc) is 2.79. The number of anilines is 1. The van der Waals surface area contributed by atoms with E-state index in [1.54, 1.807) is 67.0 Å². The summed E-state index contributed by atoms with van der Waals surface area (Å²) in [4.78, 5) is 29.1. The molecule has 0 aliphatic rings. The number of nitrogens with zero attached hydrogens (tertiary/aromatic N) is 1. The van der Waals surface area contributed by atoms with Gasteiger partial charge in [-0.2, -0.15) is 0 Å². The van der Waals surface area contributed by atoms with E-state index in [2.05, 4.69) is 15.6 Å². The summed E-state index contributed by atoms with van der Waals surface area (Å²) >= 11 is 12.1. The molecule has 32 heavy (non-hydrogen) atoms. The van der Waals surface area contributed by atoms with E-state index in [4.69, 9.17) is 28.9 Å². The second kappa shape index (κ2) is 10.1. The summed E-state index contributed by atoms with van der Waals surface area (Å²) in [6, 6.07) is 15.1. The summed E-state index contributed by atoms with van der Waals surface area (Å²) in [5.74, 6) is -0.410. The Kier molecular flexibility index (Phi) is 7.51. The first-order valence-corrected chi connectivity index (χ1v) is 10.7. The van der Waals surface area contributed by atoms with Gasteiger partial charge in [-0.15, -0.1) is 0 Å². The maximum atomic E-state index is 12.8. The number of carbonyl (C=O) groups excluding carboxylic acids is 2. The molecule has 3 rings (SSSR count). The fraction of sp³-hybridized carbons (Fsp3) is 0.208. The number of amides is 2. The first-order chi connectivity index (χ1) is 15.2. The minimum atomic E-state index is -0.817. The van der Waals surface area contributed by atoms with Crippen LogP contribution in [0.15, 0.2) is 67.0 Å². The fourth-order valence-electron chi connectivity index (χ4n) is 3.08. The van der Waals surface area contributed by atoms with Crippen molar-refractivity contribution in [1.82, 2.24) is 10.3 Å². The Bertz CT molecular complexity index is 1100. The Labute approximate surface area is 197 Å². The monoisotopic (exact) mass is 470 g/mol. The molecule has 166 valence electrons. The second-order valence-corrected chi connectivity index (χ2v) is 8.70. The number of pyridine rings is 1. The number of rotatable bonds is 7. The van der Waals surface area contributed by atoms with Crippen molar-refractivity contribution in [1.29, 1.82) is 0 Å². The van der Waals surface area contributed by atoms with Gasteiger partial charge in [0.15, 0.2) is 0 Å². The number of halogens is 2. The van der Waals surface area contributed by atoms with Gasteiger partial charge in [-0.05, 0) is 61.4 Å². The average molecular weight is 471 g/mol. The molecule has 6 nitrogen and oxygen atoms in total. The SMILES string of the molecule is CC(C)(C(=O)NCC(N)c1ccc(C(=O)Nc2ccncc2)cc1)c1ccc(Cl)c(Cl)c1. The lowest BCUT2D eigenvalue weighted by Crippen LogP contribution is -2.42. The Morgan fingerprint density at radius 3 is 2.28 bits per heavy atom.